The van der Waals surface area contributed by atoms with Crippen LogP contribution >= 0.6 is 0 Å². The second kappa shape index (κ2) is 7.11. The first-order chi connectivity index (χ1) is 8.97. The van der Waals surface area contributed by atoms with Crippen LogP contribution in [0, 0.1) is 0 Å². The first kappa shape index (κ1) is 16.3. The lowest BCUT2D eigenvalue weighted by Crippen LogP contribution is -2.47. The molecular formula is C16H28O2Si. The van der Waals surface area contributed by atoms with Crippen LogP contribution in [0.25, 0.3) is 0 Å². The summed E-state index contributed by atoms with van der Waals surface area (Å²) in [6.45, 7) is 10.8. The highest BCUT2D eigenvalue weighted by Gasteiger charge is 2.37. The molecular weight excluding hydrogens is 252 g/mol. The van der Waals surface area contributed by atoms with Crippen molar-refractivity contribution in [3.05, 3.63) is 30.3 Å². The van der Waals surface area contributed by atoms with E-state index in [4.69, 9.17) is 9.16 Å². The van der Waals surface area contributed by atoms with E-state index in [2.05, 4.69) is 20.8 Å². The molecule has 19 heavy (non-hydrogen) atoms. The van der Waals surface area contributed by atoms with Crippen molar-refractivity contribution in [1.29, 1.82) is 0 Å². The molecule has 108 valence electrons. The normalized spacial score (nSPS) is 12.5. The van der Waals surface area contributed by atoms with Gasteiger partial charge in [0.15, 0.2) is 14.1 Å². The third-order valence-corrected chi connectivity index (χ3v) is 8.48. The molecule has 0 heterocycles. The maximum atomic E-state index is 6.48. The van der Waals surface area contributed by atoms with E-state index in [0.717, 1.165) is 17.8 Å². The Bertz CT molecular complexity index is 358. The summed E-state index contributed by atoms with van der Waals surface area (Å²) < 4.78 is 12.5. The summed E-state index contributed by atoms with van der Waals surface area (Å²) in [5.41, 5.74) is 0. The lowest BCUT2D eigenvalue weighted by Gasteiger charge is -2.38. The zero-order valence-corrected chi connectivity index (χ0v) is 14.0. The molecule has 0 aliphatic heterocycles. The summed E-state index contributed by atoms with van der Waals surface area (Å²) in [7, 11) is -1.66. The summed E-state index contributed by atoms with van der Waals surface area (Å²) in [4.78, 5) is 0. The quantitative estimate of drug-likeness (QED) is 0.480. The van der Waals surface area contributed by atoms with E-state index in [1.807, 2.05) is 44.2 Å². The molecule has 1 aromatic rings. The number of para-hydroxylation sites is 1. The molecule has 0 N–H and O–H groups in total. The van der Waals surface area contributed by atoms with Gasteiger partial charge in [0.2, 0.25) is 0 Å². The minimum absolute atomic E-state index is 0.547. The fraction of sp³-hybridized carbons (Fsp3) is 0.625. The van der Waals surface area contributed by atoms with Crippen molar-refractivity contribution in [3.8, 4) is 5.75 Å². The average molecular weight is 280 g/mol. The van der Waals surface area contributed by atoms with Gasteiger partial charge in [0.05, 0.1) is 0 Å². The molecule has 0 bridgehead atoms. The van der Waals surface area contributed by atoms with E-state index < -0.39 is 14.1 Å². The average Bonchev–Trinajstić information content (AvgIpc) is 2.38. The van der Waals surface area contributed by atoms with Crippen LogP contribution in [0.5, 0.6) is 5.75 Å². The molecule has 0 saturated carbocycles. The van der Waals surface area contributed by atoms with Gasteiger partial charge in [-0.1, -0.05) is 45.4 Å². The predicted molar refractivity (Wildman–Crippen MR) is 84.0 cm³/mol. The van der Waals surface area contributed by atoms with Crippen LogP contribution in [0.15, 0.2) is 30.3 Å². The Morgan fingerprint density at radius 3 is 2.05 bits per heavy atom. The van der Waals surface area contributed by atoms with Crippen LogP contribution in [-0.4, -0.2) is 14.1 Å². The van der Waals surface area contributed by atoms with Crippen LogP contribution < -0.4 is 4.74 Å². The van der Waals surface area contributed by atoms with E-state index >= 15 is 0 Å². The molecule has 0 saturated heterocycles. The SMILES string of the molecule is CCC[Si](CC)(CC)OC(C)(C)Oc1ccccc1. The third kappa shape index (κ3) is 5.00. The van der Waals surface area contributed by atoms with Crippen molar-refractivity contribution >= 4 is 8.32 Å². The van der Waals surface area contributed by atoms with Gasteiger partial charge in [0.25, 0.3) is 0 Å². The standard InChI is InChI=1S/C16H28O2Si/c1-6-14-19(7-2,8-3)18-16(4,5)17-15-12-10-9-11-13-15/h9-13H,6-8,14H2,1-5H3. The van der Waals surface area contributed by atoms with Gasteiger partial charge in [0.1, 0.15) is 5.75 Å². The van der Waals surface area contributed by atoms with Crippen molar-refractivity contribution < 1.29 is 9.16 Å². The highest BCUT2D eigenvalue weighted by Crippen LogP contribution is 2.30. The topological polar surface area (TPSA) is 18.5 Å². The van der Waals surface area contributed by atoms with E-state index in [1.54, 1.807) is 0 Å². The number of benzene rings is 1. The van der Waals surface area contributed by atoms with Gasteiger partial charge < -0.3 is 9.16 Å². The molecule has 1 aromatic carbocycles. The highest BCUT2D eigenvalue weighted by atomic mass is 28.4. The van der Waals surface area contributed by atoms with E-state index in [1.165, 1.54) is 12.5 Å². The van der Waals surface area contributed by atoms with Gasteiger partial charge in [-0.05, 0) is 44.1 Å². The fourth-order valence-corrected chi connectivity index (χ4v) is 6.16. The number of ether oxygens (including phenoxy) is 1. The van der Waals surface area contributed by atoms with E-state index in [9.17, 15) is 0 Å². The summed E-state index contributed by atoms with van der Waals surface area (Å²) >= 11 is 0. The van der Waals surface area contributed by atoms with Crippen molar-refractivity contribution in [2.24, 2.45) is 0 Å². The first-order valence-electron chi connectivity index (χ1n) is 7.41. The summed E-state index contributed by atoms with van der Waals surface area (Å²) in [6, 6.07) is 13.4. The maximum absolute atomic E-state index is 6.48. The lowest BCUT2D eigenvalue weighted by atomic mass is 10.3. The van der Waals surface area contributed by atoms with E-state index in [0.29, 0.717) is 0 Å². The predicted octanol–water partition coefficient (Wildman–Crippen LogP) is 5.21. The van der Waals surface area contributed by atoms with Crippen LogP contribution in [0.3, 0.4) is 0 Å². The van der Waals surface area contributed by atoms with Gasteiger partial charge in [-0.15, -0.1) is 0 Å². The zero-order valence-electron chi connectivity index (χ0n) is 13.0. The van der Waals surface area contributed by atoms with Gasteiger partial charge in [0, 0.05) is 0 Å². The minimum Gasteiger partial charge on any atom is -0.464 e. The Morgan fingerprint density at radius 2 is 1.58 bits per heavy atom. The van der Waals surface area contributed by atoms with Crippen LogP contribution in [0.4, 0.5) is 0 Å². The molecule has 0 aromatic heterocycles. The minimum atomic E-state index is -1.66. The Kier molecular flexibility index (Phi) is 6.08. The maximum Gasteiger partial charge on any atom is 0.197 e. The van der Waals surface area contributed by atoms with Crippen molar-refractivity contribution in [3.63, 3.8) is 0 Å². The Morgan fingerprint density at radius 1 is 1.00 bits per heavy atom. The molecule has 0 unspecified atom stereocenters. The van der Waals surface area contributed by atoms with Gasteiger partial charge in [-0.25, -0.2) is 0 Å². The van der Waals surface area contributed by atoms with Crippen molar-refractivity contribution in [2.75, 3.05) is 0 Å². The number of rotatable bonds is 8. The van der Waals surface area contributed by atoms with Crippen LogP contribution in [0.2, 0.25) is 18.1 Å². The van der Waals surface area contributed by atoms with E-state index in [-0.39, 0.29) is 0 Å². The zero-order chi connectivity index (χ0) is 14.4. The molecule has 0 aliphatic rings. The molecule has 0 atom stereocenters. The third-order valence-electron chi connectivity index (χ3n) is 3.56. The van der Waals surface area contributed by atoms with Crippen LogP contribution in [-0.2, 0) is 4.43 Å². The summed E-state index contributed by atoms with van der Waals surface area (Å²) in [6.07, 6.45) is 1.19. The monoisotopic (exact) mass is 280 g/mol. The van der Waals surface area contributed by atoms with Crippen molar-refractivity contribution in [1.82, 2.24) is 0 Å². The van der Waals surface area contributed by atoms with Gasteiger partial charge in [-0.2, -0.15) is 0 Å². The second-order valence-electron chi connectivity index (χ2n) is 5.56. The molecule has 1 rings (SSSR count). The molecule has 0 radical (unpaired) electrons. The summed E-state index contributed by atoms with van der Waals surface area (Å²) in [5, 5.41) is 0. The lowest BCUT2D eigenvalue weighted by molar-refractivity contribution is -0.0903. The highest BCUT2D eigenvalue weighted by molar-refractivity contribution is 6.73. The molecule has 0 spiro atoms. The summed E-state index contributed by atoms with van der Waals surface area (Å²) in [5.74, 6) is 0.327. The molecule has 0 aliphatic carbocycles. The second-order valence-corrected chi connectivity index (χ2v) is 10.0. The fourth-order valence-electron chi connectivity index (χ4n) is 2.57. The molecule has 0 amide bonds. The van der Waals surface area contributed by atoms with Crippen molar-refractivity contribution in [2.45, 2.75) is 65.0 Å². The Balaban J connectivity index is 2.76. The van der Waals surface area contributed by atoms with Gasteiger partial charge in [-0.3, -0.25) is 0 Å². The van der Waals surface area contributed by atoms with Crippen LogP contribution in [0.1, 0.15) is 41.0 Å². The van der Waals surface area contributed by atoms with Gasteiger partial charge >= 0.3 is 0 Å². The molecule has 2 nitrogen and oxygen atoms in total. The Labute approximate surface area is 119 Å². The Hall–Kier alpha value is -0.803. The molecule has 3 heteroatoms. The number of hydrogen-bond donors (Lipinski definition) is 0. The largest absolute Gasteiger partial charge is 0.464 e. The number of hydrogen-bond acceptors (Lipinski definition) is 2. The smallest absolute Gasteiger partial charge is 0.197 e. The molecule has 0 fully saturated rings. The first-order valence-corrected chi connectivity index (χ1v) is 9.94.